The highest BCUT2D eigenvalue weighted by molar-refractivity contribution is 5.81. The number of cyclic esters (lactones) is 1. The number of aliphatic hydroxyl groups excluding tert-OH is 1. The molecule has 0 aromatic heterocycles. The molecule has 0 radical (unpaired) electrons. The molecule has 0 aromatic carbocycles. The van der Waals surface area contributed by atoms with Crippen LogP contribution in [0.3, 0.4) is 0 Å². The van der Waals surface area contributed by atoms with Gasteiger partial charge in [-0.25, -0.2) is 0 Å². The molecule has 5 aliphatic rings. The summed E-state index contributed by atoms with van der Waals surface area (Å²) < 4.78 is 5.76. The van der Waals surface area contributed by atoms with Crippen LogP contribution in [0.1, 0.15) is 58.8 Å². The van der Waals surface area contributed by atoms with Crippen LogP contribution in [-0.4, -0.2) is 48.3 Å². The van der Waals surface area contributed by atoms with Crippen LogP contribution >= 0.6 is 0 Å². The minimum Gasteiger partial charge on any atom is -0.462 e. The summed E-state index contributed by atoms with van der Waals surface area (Å²) in [7, 11) is 4.16. The maximum atomic E-state index is 12.9. The molecule has 1 spiro atoms. The molecule has 4 fully saturated rings. The number of aliphatic hydroxyl groups is 1. The first-order chi connectivity index (χ1) is 12.8. The molecular weight excluding hydrogens is 338 g/mol. The lowest BCUT2D eigenvalue weighted by molar-refractivity contribution is -0.157. The van der Waals surface area contributed by atoms with Crippen molar-refractivity contribution in [2.75, 3.05) is 14.1 Å². The van der Waals surface area contributed by atoms with Crippen molar-refractivity contribution in [3.63, 3.8) is 0 Å². The number of ether oxygens (including phenoxy) is 1. The van der Waals surface area contributed by atoms with E-state index in [4.69, 9.17) is 4.74 Å². The highest BCUT2D eigenvalue weighted by atomic mass is 16.6. The molecule has 27 heavy (non-hydrogen) atoms. The summed E-state index contributed by atoms with van der Waals surface area (Å²) in [6.07, 6.45) is 9.78. The first-order valence-electron chi connectivity index (χ1n) is 11.0. The number of carbonyl (C=O) groups is 1. The number of allylic oxidation sites excluding steroid dienone is 1. The first kappa shape index (κ1) is 18.2. The Labute approximate surface area is 163 Å². The van der Waals surface area contributed by atoms with Gasteiger partial charge in [0, 0.05) is 12.0 Å². The molecule has 1 N–H and O–H groups in total. The van der Waals surface area contributed by atoms with Gasteiger partial charge in [-0.1, -0.05) is 18.6 Å². The number of fused-ring (bicyclic) bond motifs is 4. The maximum absolute atomic E-state index is 12.9. The van der Waals surface area contributed by atoms with Gasteiger partial charge >= 0.3 is 5.97 Å². The van der Waals surface area contributed by atoms with E-state index in [9.17, 15) is 9.90 Å². The Hall–Kier alpha value is -0.870. The van der Waals surface area contributed by atoms with Crippen LogP contribution < -0.4 is 0 Å². The highest BCUT2D eigenvalue weighted by Gasteiger charge is 2.68. The van der Waals surface area contributed by atoms with Crippen molar-refractivity contribution in [1.82, 2.24) is 4.90 Å². The number of nitrogens with zero attached hydrogens (tertiary/aromatic N) is 1. The summed E-state index contributed by atoms with van der Waals surface area (Å²) in [5.41, 5.74) is 1.48. The van der Waals surface area contributed by atoms with E-state index in [2.05, 4.69) is 38.9 Å². The van der Waals surface area contributed by atoms with E-state index in [0.717, 1.165) is 38.5 Å². The topological polar surface area (TPSA) is 49.8 Å². The van der Waals surface area contributed by atoms with Crippen molar-refractivity contribution in [3.05, 3.63) is 11.6 Å². The number of hydrogen-bond acceptors (Lipinski definition) is 4. The summed E-state index contributed by atoms with van der Waals surface area (Å²) >= 11 is 0. The molecule has 0 amide bonds. The van der Waals surface area contributed by atoms with E-state index in [-0.39, 0.29) is 35.0 Å². The van der Waals surface area contributed by atoms with Gasteiger partial charge in [-0.2, -0.15) is 0 Å². The molecule has 0 aromatic rings. The van der Waals surface area contributed by atoms with Gasteiger partial charge in [0.15, 0.2) is 0 Å². The molecule has 9 unspecified atom stereocenters. The quantitative estimate of drug-likeness (QED) is 0.565. The predicted molar refractivity (Wildman–Crippen MR) is 104 cm³/mol. The van der Waals surface area contributed by atoms with Gasteiger partial charge in [0.2, 0.25) is 0 Å². The second-order valence-electron chi connectivity index (χ2n) is 10.6. The van der Waals surface area contributed by atoms with Crippen LogP contribution in [0.4, 0.5) is 0 Å². The largest absolute Gasteiger partial charge is 0.462 e. The zero-order chi connectivity index (χ0) is 19.1. The minimum absolute atomic E-state index is 0.0988. The van der Waals surface area contributed by atoms with E-state index in [0.29, 0.717) is 23.7 Å². The molecule has 3 saturated carbocycles. The Kier molecular flexibility index (Phi) is 3.92. The fraction of sp³-hybridized carbons (Fsp3) is 0.870. The Morgan fingerprint density at radius 1 is 1.19 bits per heavy atom. The molecule has 1 aliphatic heterocycles. The average molecular weight is 374 g/mol. The summed E-state index contributed by atoms with van der Waals surface area (Å²) in [4.78, 5) is 15.1. The number of hydrogen-bond donors (Lipinski definition) is 1. The van der Waals surface area contributed by atoms with E-state index in [1.165, 1.54) is 6.42 Å². The van der Waals surface area contributed by atoms with Crippen LogP contribution in [0.15, 0.2) is 11.6 Å². The van der Waals surface area contributed by atoms with Crippen LogP contribution in [-0.2, 0) is 9.53 Å². The second-order valence-corrected chi connectivity index (χ2v) is 10.6. The summed E-state index contributed by atoms with van der Waals surface area (Å²) in [6.45, 7) is 4.51. The number of esters is 1. The zero-order valence-corrected chi connectivity index (χ0v) is 17.3. The summed E-state index contributed by atoms with van der Waals surface area (Å²) in [5, 5.41) is 10.9. The van der Waals surface area contributed by atoms with Gasteiger partial charge in [-0.3, -0.25) is 4.79 Å². The van der Waals surface area contributed by atoms with Crippen LogP contribution in [0.2, 0.25) is 0 Å². The molecule has 0 bridgehead atoms. The molecule has 4 aliphatic carbocycles. The van der Waals surface area contributed by atoms with Crippen molar-refractivity contribution in [1.29, 1.82) is 0 Å². The average Bonchev–Trinajstić information content (AvgIpc) is 3.10. The van der Waals surface area contributed by atoms with Gasteiger partial charge in [0.1, 0.15) is 6.10 Å². The lowest BCUT2D eigenvalue weighted by Crippen LogP contribution is -2.56. The van der Waals surface area contributed by atoms with E-state index >= 15 is 0 Å². The van der Waals surface area contributed by atoms with Crippen LogP contribution in [0, 0.1) is 34.5 Å². The number of likely N-dealkylation sites (N-methyl/N-ethyl adjacent to an activating group) is 1. The predicted octanol–water partition coefficient (Wildman–Crippen LogP) is 3.39. The Morgan fingerprint density at radius 3 is 2.67 bits per heavy atom. The van der Waals surface area contributed by atoms with E-state index in [1.807, 2.05) is 0 Å². The van der Waals surface area contributed by atoms with Crippen molar-refractivity contribution < 1.29 is 14.6 Å². The first-order valence-corrected chi connectivity index (χ1v) is 11.0. The fourth-order valence-electron chi connectivity index (χ4n) is 8.35. The minimum atomic E-state index is -0.260. The lowest BCUT2D eigenvalue weighted by atomic mass is 9.46. The van der Waals surface area contributed by atoms with E-state index in [1.54, 1.807) is 5.57 Å². The Morgan fingerprint density at radius 2 is 1.93 bits per heavy atom. The molecule has 1 saturated heterocycles. The van der Waals surface area contributed by atoms with Crippen LogP contribution in [0.25, 0.3) is 0 Å². The van der Waals surface area contributed by atoms with Gasteiger partial charge in [0.05, 0.1) is 11.5 Å². The van der Waals surface area contributed by atoms with Gasteiger partial charge in [0.25, 0.3) is 0 Å². The van der Waals surface area contributed by atoms with Crippen molar-refractivity contribution in [3.8, 4) is 0 Å². The SMILES string of the molecule is CC1OC(=O)C23CCC4C(CC=C5CC(N(C)C)C(O)CC54C)C2CCC13. The highest BCUT2D eigenvalue weighted by Crippen LogP contribution is 2.68. The fourth-order valence-corrected chi connectivity index (χ4v) is 8.35. The molecule has 4 heteroatoms. The monoisotopic (exact) mass is 373 g/mol. The third kappa shape index (κ3) is 2.20. The molecule has 4 nitrogen and oxygen atoms in total. The van der Waals surface area contributed by atoms with Crippen molar-refractivity contribution >= 4 is 5.97 Å². The van der Waals surface area contributed by atoms with Crippen LogP contribution in [0.5, 0.6) is 0 Å². The molecule has 150 valence electrons. The second kappa shape index (κ2) is 5.82. The van der Waals surface area contributed by atoms with Gasteiger partial charge in [-0.15, -0.1) is 0 Å². The summed E-state index contributed by atoms with van der Waals surface area (Å²) in [5.74, 6) is 2.21. The molecule has 1 heterocycles. The van der Waals surface area contributed by atoms with Gasteiger partial charge in [-0.05, 0) is 89.1 Å². The smallest absolute Gasteiger partial charge is 0.313 e. The Bertz CT molecular complexity index is 687. The third-order valence-electron chi connectivity index (χ3n) is 9.61. The van der Waals surface area contributed by atoms with Crippen molar-refractivity contribution in [2.45, 2.75) is 77.0 Å². The molecule has 5 rings (SSSR count). The normalized spacial score (nSPS) is 53.9. The number of rotatable bonds is 1. The third-order valence-corrected chi connectivity index (χ3v) is 9.61. The molecular formula is C23H35NO3. The molecule has 9 atom stereocenters. The van der Waals surface area contributed by atoms with E-state index < -0.39 is 0 Å². The summed E-state index contributed by atoms with van der Waals surface area (Å²) in [6, 6.07) is 0.234. The zero-order valence-electron chi connectivity index (χ0n) is 17.3. The van der Waals surface area contributed by atoms with Gasteiger partial charge < -0.3 is 14.7 Å². The maximum Gasteiger partial charge on any atom is 0.313 e. The lowest BCUT2D eigenvalue weighted by Gasteiger charge is -2.58. The Balaban J connectivity index is 1.49. The van der Waals surface area contributed by atoms with Crippen molar-refractivity contribution in [2.24, 2.45) is 34.5 Å². The number of carbonyl (C=O) groups excluding carboxylic acids is 1. The standard InChI is InChI=1S/C23H35NO3/c1-13-16-7-8-18-15-6-5-14-11-19(24(3)4)20(25)12-22(14,2)17(15)9-10-23(16,18)21(26)27-13/h5,13,15-20,25H,6-12H2,1-4H3.